The Balaban J connectivity index is 1.43. The minimum atomic E-state index is 0.598. The molecule has 4 heteroatoms. The van der Waals surface area contributed by atoms with Gasteiger partial charge in [-0.05, 0) is 48.5 Å². The van der Waals surface area contributed by atoms with Crippen LogP contribution >= 0.6 is 0 Å². The van der Waals surface area contributed by atoms with Crippen LogP contribution in [0.4, 0.5) is 0 Å². The van der Waals surface area contributed by atoms with Gasteiger partial charge in [0, 0.05) is 32.7 Å². The molecule has 9 rings (SSSR count). The molecule has 0 radical (unpaired) electrons. The van der Waals surface area contributed by atoms with Gasteiger partial charge in [-0.1, -0.05) is 109 Å². The van der Waals surface area contributed by atoms with Gasteiger partial charge in [0.25, 0.3) is 0 Å². The Morgan fingerprint density at radius 2 is 0.804 bits per heavy atom. The summed E-state index contributed by atoms with van der Waals surface area (Å²) < 4.78 is 4.48. The van der Waals surface area contributed by atoms with Crippen LogP contribution in [0.2, 0.25) is 0 Å². The highest BCUT2D eigenvalue weighted by Gasteiger charge is 2.22. The van der Waals surface area contributed by atoms with Crippen molar-refractivity contribution in [3.05, 3.63) is 163 Å². The van der Waals surface area contributed by atoms with Crippen LogP contribution in [0.15, 0.2) is 158 Å². The molecule has 0 bridgehead atoms. The molecule has 0 spiro atoms. The van der Waals surface area contributed by atoms with Crippen molar-refractivity contribution in [1.82, 2.24) is 14.1 Å². The molecule has 0 fully saturated rings. The van der Waals surface area contributed by atoms with Crippen LogP contribution < -0.4 is 0 Å². The number of nitrogens with zero attached hydrogens (tertiary/aromatic N) is 4. The van der Waals surface area contributed by atoms with Crippen LogP contribution in [-0.2, 0) is 0 Å². The van der Waals surface area contributed by atoms with Gasteiger partial charge in [-0.3, -0.25) is 0 Å². The zero-order chi connectivity index (χ0) is 30.6. The Labute approximate surface area is 265 Å². The number of pyridine rings is 1. The van der Waals surface area contributed by atoms with Gasteiger partial charge < -0.3 is 9.13 Å². The minimum Gasteiger partial charge on any atom is -0.308 e. The van der Waals surface area contributed by atoms with Gasteiger partial charge >= 0.3 is 0 Å². The van der Waals surface area contributed by atoms with E-state index in [1.807, 2.05) is 24.3 Å². The Bertz CT molecular complexity index is 2410. The largest absolute Gasteiger partial charge is 0.308 e. The predicted molar refractivity (Wildman–Crippen MR) is 189 cm³/mol. The van der Waals surface area contributed by atoms with Gasteiger partial charge in [0.05, 0.1) is 44.8 Å². The van der Waals surface area contributed by atoms with Gasteiger partial charge in [-0.2, -0.15) is 5.26 Å². The Morgan fingerprint density at radius 3 is 1.24 bits per heavy atom. The lowest BCUT2D eigenvalue weighted by Crippen LogP contribution is -2.05. The van der Waals surface area contributed by atoms with Gasteiger partial charge in [0.2, 0.25) is 0 Å². The maximum absolute atomic E-state index is 11.0. The second-order valence-corrected chi connectivity index (χ2v) is 11.5. The van der Waals surface area contributed by atoms with E-state index < -0.39 is 0 Å². The fourth-order valence-electron chi connectivity index (χ4n) is 6.96. The highest BCUT2D eigenvalue weighted by atomic mass is 15.0. The molecule has 46 heavy (non-hydrogen) atoms. The molecular formula is C42H26N4. The summed E-state index contributed by atoms with van der Waals surface area (Å²) in [6.07, 6.45) is 0. The minimum absolute atomic E-state index is 0.598. The summed E-state index contributed by atoms with van der Waals surface area (Å²) in [5.74, 6) is 0. The van der Waals surface area contributed by atoms with Crippen LogP contribution in [0.1, 0.15) is 5.56 Å². The quantitative estimate of drug-likeness (QED) is 0.206. The molecule has 0 unspecified atom stereocenters. The van der Waals surface area contributed by atoms with E-state index >= 15 is 0 Å². The summed E-state index contributed by atoms with van der Waals surface area (Å²) >= 11 is 0. The number of hydrogen-bond donors (Lipinski definition) is 0. The number of benzene rings is 6. The summed E-state index contributed by atoms with van der Waals surface area (Å²) in [4.78, 5) is 5.16. The first-order chi connectivity index (χ1) is 22.8. The fraction of sp³-hybridized carbons (Fsp3) is 0. The van der Waals surface area contributed by atoms with Gasteiger partial charge in [0.1, 0.15) is 11.6 Å². The molecule has 4 nitrogen and oxygen atoms in total. The Kier molecular flexibility index (Phi) is 5.84. The Morgan fingerprint density at radius 1 is 0.413 bits per heavy atom. The third-order valence-electron chi connectivity index (χ3n) is 8.96. The predicted octanol–water partition coefficient (Wildman–Crippen LogP) is 10.5. The summed E-state index contributed by atoms with van der Waals surface area (Å²) in [7, 11) is 0. The van der Waals surface area contributed by atoms with Crippen LogP contribution in [0, 0.1) is 11.3 Å². The van der Waals surface area contributed by atoms with Crippen molar-refractivity contribution in [2.45, 2.75) is 0 Å². The zero-order valence-electron chi connectivity index (χ0n) is 24.8. The standard InChI is InChI=1S/C42H26N4/c43-27-34-41(45-37-21-8-4-15-30(37)31-16-5-9-22-38(31)45)25-29(36-20-12-19-35(44-36)28-13-2-1-3-14-28)26-42(34)46-39-23-10-6-17-32(39)33-18-7-11-24-40(33)46/h1-26H. The van der Waals surface area contributed by atoms with E-state index in [1.54, 1.807) is 0 Å². The molecule has 3 aromatic heterocycles. The number of aromatic nitrogens is 3. The van der Waals surface area contributed by atoms with Crippen molar-refractivity contribution >= 4 is 43.6 Å². The SMILES string of the molecule is N#Cc1c(-n2c3ccccc3c3ccccc32)cc(-c2cccc(-c3ccccc3)n2)cc1-n1c2ccccc2c2ccccc21. The lowest BCUT2D eigenvalue weighted by molar-refractivity contribution is 1.12. The molecule has 0 aliphatic heterocycles. The van der Waals surface area contributed by atoms with Crippen molar-refractivity contribution in [2.24, 2.45) is 0 Å². The van der Waals surface area contributed by atoms with E-state index in [4.69, 9.17) is 4.98 Å². The van der Waals surface area contributed by atoms with Crippen LogP contribution in [-0.4, -0.2) is 14.1 Å². The molecule has 0 saturated carbocycles. The van der Waals surface area contributed by atoms with Crippen molar-refractivity contribution in [3.8, 4) is 40.0 Å². The number of hydrogen-bond acceptors (Lipinski definition) is 2. The van der Waals surface area contributed by atoms with E-state index in [0.29, 0.717) is 5.56 Å². The molecule has 9 aromatic rings. The number of fused-ring (bicyclic) bond motifs is 6. The molecule has 0 aliphatic rings. The normalized spacial score (nSPS) is 11.5. The van der Waals surface area contributed by atoms with Gasteiger partial charge in [-0.15, -0.1) is 0 Å². The van der Waals surface area contributed by atoms with E-state index in [1.165, 1.54) is 0 Å². The average Bonchev–Trinajstić information content (AvgIpc) is 3.64. The zero-order valence-corrected chi connectivity index (χ0v) is 24.8. The van der Waals surface area contributed by atoms with E-state index in [-0.39, 0.29) is 0 Å². The van der Waals surface area contributed by atoms with Crippen molar-refractivity contribution < 1.29 is 0 Å². The van der Waals surface area contributed by atoms with E-state index in [2.05, 4.69) is 149 Å². The number of para-hydroxylation sites is 4. The van der Waals surface area contributed by atoms with Crippen LogP contribution in [0.3, 0.4) is 0 Å². The molecular weight excluding hydrogens is 560 g/mol. The summed E-state index contributed by atoms with van der Waals surface area (Å²) in [6, 6.07) is 57.0. The van der Waals surface area contributed by atoms with Crippen LogP contribution in [0.25, 0.3) is 77.5 Å². The second kappa shape index (κ2) is 10.3. The lowest BCUT2D eigenvalue weighted by atomic mass is 10.0. The number of nitriles is 1. The summed E-state index contributed by atoms with van der Waals surface area (Å²) in [5.41, 5.74) is 10.2. The van der Waals surface area contributed by atoms with Crippen LogP contribution in [0.5, 0.6) is 0 Å². The highest BCUT2D eigenvalue weighted by Crippen LogP contribution is 2.40. The molecule has 6 aromatic carbocycles. The summed E-state index contributed by atoms with van der Waals surface area (Å²) in [5, 5.41) is 15.6. The fourth-order valence-corrected chi connectivity index (χ4v) is 6.96. The van der Waals surface area contributed by atoms with E-state index in [9.17, 15) is 5.26 Å². The molecule has 3 heterocycles. The van der Waals surface area contributed by atoms with Crippen molar-refractivity contribution in [3.63, 3.8) is 0 Å². The first kappa shape index (κ1) is 26.0. The average molecular weight is 587 g/mol. The van der Waals surface area contributed by atoms with E-state index in [0.717, 1.165) is 77.5 Å². The van der Waals surface area contributed by atoms with Gasteiger partial charge in [-0.25, -0.2) is 4.98 Å². The molecule has 0 saturated heterocycles. The topological polar surface area (TPSA) is 46.5 Å². The maximum atomic E-state index is 11.0. The summed E-state index contributed by atoms with van der Waals surface area (Å²) in [6.45, 7) is 0. The first-order valence-electron chi connectivity index (χ1n) is 15.4. The van der Waals surface area contributed by atoms with Gasteiger partial charge in [0.15, 0.2) is 0 Å². The maximum Gasteiger partial charge on any atom is 0.104 e. The molecule has 0 atom stereocenters. The third kappa shape index (κ3) is 3.89. The monoisotopic (exact) mass is 586 g/mol. The number of rotatable bonds is 4. The highest BCUT2D eigenvalue weighted by molar-refractivity contribution is 6.11. The molecule has 0 amide bonds. The van der Waals surface area contributed by atoms with Crippen molar-refractivity contribution in [2.75, 3.05) is 0 Å². The second-order valence-electron chi connectivity index (χ2n) is 11.5. The Hall–Kier alpha value is -6.44. The smallest absolute Gasteiger partial charge is 0.104 e. The molecule has 214 valence electrons. The lowest BCUT2D eigenvalue weighted by Gasteiger charge is -2.18. The van der Waals surface area contributed by atoms with Crippen molar-refractivity contribution in [1.29, 1.82) is 5.26 Å². The molecule has 0 aliphatic carbocycles. The molecule has 0 N–H and O–H groups in total. The third-order valence-corrected chi connectivity index (χ3v) is 8.96. The first-order valence-corrected chi connectivity index (χ1v) is 15.4.